The Bertz CT molecular complexity index is 718. The van der Waals surface area contributed by atoms with Crippen LogP contribution in [0.15, 0.2) is 99.6 Å². The van der Waals surface area contributed by atoms with Crippen LogP contribution >= 0.6 is 0 Å². The van der Waals surface area contributed by atoms with E-state index in [1.807, 2.05) is 91.9 Å². The van der Waals surface area contributed by atoms with Crippen molar-refractivity contribution in [2.45, 2.75) is 21.6 Å². The molecule has 0 amide bonds. The van der Waals surface area contributed by atoms with E-state index >= 15 is 0 Å². The van der Waals surface area contributed by atoms with Gasteiger partial charge in [-0.25, -0.2) is 0 Å². The molecule has 106 valence electrons. The highest BCUT2D eigenvalue weighted by Crippen LogP contribution is 2.35. The smallest absolute Gasteiger partial charge is 0.0230 e. The molecule has 0 aromatic heterocycles. The molecule has 3 rings (SSSR count). The van der Waals surface area contributed by atoms with E-state index in [9.17, 15) is 4.21 Å². The van der Waals surface area contributed by atoms with Gasteiger partial charge in [0.2, 0.25) is 0 Å². The van der Waals surface area contributed by atoms with Crippen molar-refractivity contribution in [1.29, 1.82) is 0 Å². The highest BCUT2D eigenvalue weighted by molar-refractivity contribution is 8.03. The van der Waals surface area contributed by atoms with Crippen LogP contribution in [0, 0.1) is 6.92 Å². The molecule has 0 saturated heterocycles. The van der Waals surface area contributed by atoms with Gasteiger partial charge in [0.15, 0.2) is 0 Å². The van der Waals surface area contributed by atoms with Gasteiger partial charge in [0.25, 0.3) is 0 Å². The third kappa shape index (κ3) is 2.55. The van der Waals surface area contributed by atoms with E-state index in [2.05, 4.69) is 0 Å². The summed E-state index contributed by atoms with van der Waals surface area (Å²) in [7, 11) is -2.80. The Morgan fingerprint density at radius 1 is 0.571 bits per heavy atom. The van der Waals surface area contributed by atoms with Crippen LogP contribution in [0.1, 0.15) is 5.56 Å². The van der Waals surface area contributed by atoms with Crippen molar-refractivity contribution in [1.82, 2.24) is 0 Å². The molecule has 0 aliphatic carbocycles. The highest BCUT2D eigenvalue weighted by atomic mass is 32.2. The summed E-state index contributed by atoms with van der Waals surface area (Å²) in [5.41, 5.74) is 1.17. The van der Waals surface area contributed by atoms with Crippen LogP contribution in [0.4, 0.5) is 0 Å². The molecule has 0 heterocycles. The quantitative estimate of drug-likeness (QED) is 0.704. The van der Waals surface area contributed by atoms with Crippen LogP contribution in [-0.4, -0.2) is 4.21 Å². The second-order valence-corrected chi connectivity index (χ2v) is 7.88. The molecule has 0 aliphatic rings. The summed E-state index contributed by atoms with van der Waals surface area (Å²) in [4.78, 5) is 2.63. The van der Waals surface area contributed by atoms with Crippen LogP contribution in [-0.2, 0) is 9.93 Å². The fourth-order valence-corrected chi connectivity index (χ4v) is 5.13. The second kappa shape index (κ2) is 5.66. The van der Waals surface area contributed by atoms with Crippen LogP contribution in [0.3, 0.4) is 0 Å². The molecule has 0 aliphatic heterocycles. The van der Waals surface area contributed by atoms with Gasteiger partial charge in [-0.1, -0.05) is 54.1 Å². The molecule has 1 nitrogen and oxygen atoms in total. The Labute approximate surface area is 126 Å². The zero-order chi connectivity index (χ0) is 14.7. The summed E-state index contributed by atoms with van der Waals surface area (Å²) >= 11 is 0. The van der Waals surface area contributed by atoms with Crippen LogP contribution in [0.25, 0.3) is 0 Å². The maximum Gasteiger partial charge on any atom is 0.0230 e. The highest BCUT2D eigenvalue weighted by Gasteiger charge is 2.22. The molecular formula is C19H18OS. The molecule has 0 fully saturated rings. The molecule has 0 saturated carbocycles. The van der Waals surface area contributed by atoms with Crippen LogP contribution in [0.2, 0.25) is 0 Å². The summed E-state index contributed by atoms with van der Waals surface area (Å²) in [5, 5.41) is 0. The normalized spacial score (nSPS) is 12.0. The summed E-state index contributed by atoms with van der Waals surface area (Å²) < 4.78 is 13.9. The van der Waals surface area contributed by atoms with E-state index in [1.54, 1.807) is 0 Å². The van der Waals surface area contributed by atoms with Crippen molar-refractivity contribution in [3.63, 3.8) is 0 Å². The second-order valence-electron chi connectivity index (χ2n) is 5.12. The Morgan fingerprint density at radius 2 is 0.952 bits per heavy atom. The van der Waals surface area contributed by atoms with Gasteiger partial charge in [0, 0.05) is 14.7 Å². The van der Waals surface area contributed by atoms with Gasteiger partial charge < -0.3 is 0 Å². The predicted molar refractivity (Wildman–Crippen MR) is 88.4 cm³/mol. The number of rotatable bonds is 3. The Morgan fingerprint density at radius 3 is 1.38 bits per heavy atom. The molecule has 3 aromatic carbocycles. The van der Waals surface area contributed by atoms with Gasteiger partial charge in [-0.2, -0.15) is 0 Å². The van der Waals surface area contributed by atoms with Gasteiger partial charge in [0.1, 0.15) is 0 Å². The van der Waals surface area contributed by atoms with Gasteiger partial charge >= 0.3 is 0 Å². The van der Waals surface area contributed by atoms with E-state index in [0.717, 1.165) is 14.7 Å². The molecule has 0 radical (unpaired) electrons. The van der Waals surface area contributed by atoms with E-state index < -0.39 is 9.93 Å². The number of thiol groups is 1. The maximum atomic E-state index is 13.9. The molecule has 0 bridgehead atoms. The Balaban J connectivity index is 2.26. The average molecular weight is 294 g/mol. The van der Waals surface area contributed by atoms with Crippen molar-refractivity contribution >= 4 is 9.93 Å². The minimum absolute atomic E-state index is 0.875. The average Bonchev–Trinajstić information content (AvgIpc) is 2.56. The first kappa shape index (κ1) is 13.8. The fraction of sp³-hybridized carbons (Fsp3) is 0.0526. The molecule has 0 unspecified atom stereocenters. The first-order chi connectivity index (χ1) is 10.2. The van der Waals surface area contributed by atoms with Gasteiger partial charge in [0.05, 0.1) is 0 Å². The monoisotopic (exact) mass is 294 g/mol. The molecule has 0 atom stereocenters. The van der Waals surface area contributed by atoms with E-state index in [4.69, 9.17) is 0 Å². The Kier molecular flexibility index (Phi) is 3.72. The third-order valence-electron chi connectivity index (χ3n) is 3.64. The lowest BCUT2D eigenvalue weighted by molar-refractivity contribution is 0.669. The van der Waals surface area contributed by atoms with Gasteiger partial charge in [-0.15, -0.1) is 0 Å². The van der Waals surface area contributed by atoms with Gasteiger partial charge in [-0.05, 0) is 53.3 Å². The SMILES string of the molecule is Cc1ccc([SH](=O)(c2ccccc2)c2ccccc2)cc1. The van der Waals surface area contributed by atoms with Crippen molar-refractivity contribution in [3.8, 4) is 0 Å². The summed E-state index contributed by atoms with van der Waals surface area (Å²) in [5.74, 6) is 0. The van der Waals surface area contributed by atoms with Crippen LogP contribution < -0.4 is 0 Å². The number of aryl methyl sites for hydroxylation is 1. The van der Waals surface area contributed by atoms with Crippen LogP contribution in [0.5, 0.6) is 0 Å². The minimum Gasteiger partial charge on any atom is -0.271 e. The molecule has 21 heavy (non-hydrogen) atoms. The lowest BCUT2D eigenvalue weighted by Crippen LogP contribution is -2.13. The number of hydrogen-bond donors (Lipinski definition) is 1. The summed E-state index contributed by atoms with van der Waals surface area (Å²) in [6.07, 6.45) is 0. The molecule has 0 spiro atoms. The molecule has 2 heteroatoms. The van der Waals surface area contributed by atoms with Crippen molar-refractivity contribution in [2.24, 2.45) is 0 Å². The lowest BCUT2D eigenvalue weighted by atomic mass is 10.2. The largest absolute Gasteiger partial charge is 0.271 e. The molecular weight excluding hydrogens is 276 g/mol. The number of benzene rings is 3. The first-order valence-electron chi connectivity index (χ1n) is 7.00. The van der Waals surface area contributed by atoms with E-state index in [0.29, 0.717) is 0 Å². The minimum atomic E-state index is -2.80. The van der Waals surface area contributed by atoms with E-state index in [1.165, 1.54) is 5.56 Å². The lowest BCUT2D eigenvalue weighted by Gasteiger charge is -2.25. The Hall–Kier alpha value is -2.19. The number of hydrogen-bond acceptors (Lipinski definition) is 1. The summed E-state index contributed by atoms with van der Waals surface area (Å²) in [6, 6.07) is 27.5. The molecule has 0 N–H and O–H groups in total. The van der Waals surface area contributed by atoms with E-state index in [-0.39, 0.29) is 0 Å². The van der Waals surface area contributed by atoms with Gasteiger partial charge in [-0.3, -0.25) is 4.21 Å². The van der Waals surface area contributed by atoms with Crippen molar-refractivity contribution in [2.75, 3.05) is 0 Å². The molecule has 3 aromatic rings. The third-order valence-corrected chi connectivity index (χ3v) is 6.71. The standard InChI is InChI=1S/C19H18OS/c1-16-12-14-19(15-13-16)21(20,17-8-4-2-5-9-17)18-10-6-3-7-11-18/h2-15,21H,1H3. The van der Waals surface area contributed by atoms with Crippen molar-refractivity contribution in [3.05, 3.63) is 90.5 Å². The van der Waals surface area contributed by atoms with Crippen molar-refractivity contribution < 1.29 is 4.21 Å². The maximum absolute atomic E-state index is 13.9. The predicted octanol–water partition coefficient (Wildman–Crippen LogP) is 4.49. The zero-order valence-electron chi connectivity index (χ0n) is 11.9. The summed E-state index contributed by atoms with van der Waals surface area (Å²) in [6.45, 7) is 2.04. The first-order valence-corrected chi connectivity index (χ1v) is 8.70. The zero-order valence-corrected chi connectivity index (χ0v) is 12.8. The topological polar surface area (TPSA) is 17.1 Å². The fourth-order valence-electron chi connectivity index (χ4n) is 2.48.